The van der Waals surface area contributed by atoms with Crippen molar-refractivity contribution >= 4 is 18.0 Å². The Kier molecular flexibility index (Phi) is 6.47. The second-order valence-electron chi connectivity index (χ2n) is 4.81. The van der Waals surface area contributed by atoms with Crippen molar-refractivity contribution in [1.29, 1.82) is 0 Å². The van der Waals surface area contributed by atoms with Gasteiger partial charge in [-0.1, -0.05) is 72.0 Å². The number of H-pyrrole nitrogens is 1. The Labute approximate surface area is 141 Å². The normalized spacial score (nSPS) is 9.91. The largest absolute Gasteiger partial charge is 0.306 e. The zero-order valence-electron chi connectivity index (χ0n) is 12.5. The second kappa shape index (κ2) is 8.82. The van der Waals surface area contributed by atoms with Crippen LogP contribution in [0.1, 0.15) is 17.0 Å². The summed E-state index contributed by atoms with van der Waals surface area (Å²) in [6.45, 7) is 1.32. The van der Waals surface area contributed by atoms with Gasteiger partial charge in [-0.25, -0.2) is 0 Å². The van der Waals surface area contributed by atoms with E-state index >= 15 is 0 Å². The Morgan fingerprint density at radius 2 is 1.57 bits per heavy atom. The van der Waals surface area contributed by atoms with E-state index in [9.17, 15) is 0 Å². The summed E-state index contributed by atoms with van der Waals surface area (Å²) >= 11 is 0. The molecule has 0 atom stereocenters. The number of tetrazole rings is 1. The molecule has 118 valence electrons. The molecule has 1 aromatic heterocycles. The van der Waals surface area contributed by atoms with Crippen molar-refractivity contribution in [2.75, 3.05) is 6.54 Å². The fourth-order valence-corrected chi connectivity index (χ4v) is 2.25. The van der Waals surface area contributed by atoms with Crippen LogP contribution < -0.4 is 5.32 Å². The molecule has 0 spiro atoms. The summed E-state index contributed by atoms with van der Waals surface area (Å²) in [7, 11) is 0. The lowest BCUT2D eigenvalue weighted by Gasteiger charge is -2.09. The molecule has 2 N–H and O–H groups in total. The van der Waals surface area contributed by atoms with Crippen LogP contribution in [0, 0.1) is 0 Å². The van der Waals surface area contributed by atoms with E-state index in [2.05, 4.69) is 80.5 Å². The Morgan fingerprint density at radius 1 is 0.957 bits per heavy atom. The molecule has 3 rings (SSSR count). The second-order valence-corrected chi connectivity index (χ2v) is 4.81. The first-order chi connectivity index (χ1) is 10.9. The standard InChI is InChI=1S/C17H17N5.ClH/c1-3-7-14(8-4-1)16(15-9-5-2-6-10-15)11-12-18-13-17-19-21-22-20-17;/h1-11,18H,12-13H2,(H,19,20,21,22);1H. The maximum atomic E-state index is 3.92. The number of halogens is 1. The minimum atomic E-state index is 0. The zero-order chi connectivity index (χ0) is 15.0. The van der Waals surface area contributed by atoms with E-state index < -0.39 is 0 Å². The van der Waals surface area contributed by atoms with Gasteiger partial charge < -0.3 is 5.32 Å². The number of aromatic nitrogens is 4. The van der Waals surface area contributed by atoms with Crippen molar-refractivity contribution in [2.24, 2.45) is 0 Å². The third kappa shape index (κ3) is 4.74. The Balaban J connectivity index is 0.00000192. The van der Waals surface area contributed by atoms with Crippen LogP contribution in [0.3, 0.4) is 0 Å². The molecule has 0 bridgehead atoms. The lowest BCUT2D eigenvalue weighted by molar-refractivity contribution is 0.718. The van der Waals surface area contributed by atoms with E-state index in [1.54, 1.807) is 0 Å². The fraction of sp³-hybridized carbons (Fsp3) is 0.118. The van der Waals surface area contributed by atoms with Crippen LogP contribution in [0.2, 0.25) is 0 Å². The highest BCUT2D eigenvalue weighted by Gasteiger charge is 2.04. The van der Waals surface area contributed by atoms with Gasteiger partial charge in [0.1, 0.15) is 0 Å². The summed E-state index contributed by atoms with van der Waals surface area (Å²) in [5.74, 6) is 0.661. The number of hydrogen-bond donors (Lipinski definition) is 2. The average molecular weight is 328 g/mol. The van der Waals surface area contributed by atoms with Crippen molar-refractivity contribution in [2.45, 2.75) is 6.54 Å². The number of nitrogens with one attached hydrogen (secondary N) is 2. The van der Waals surface area contributed by atoms with Crippen molar-refractivity contribution in [1.82, 2.24) is 25.9 Å². The molecule has 0 aliphatic rings. The minimum Gasteiger partial charge on any atom is -0.306 e. The number of rotatable bonds is 6. The average Bonchev–Trinajstić information content (AvgIpc) is 3.10. The van der Waals surface area contributed by atoms with Gasteiger partial charge in [-0.05, 0) is 16.7 Å². The van der Waals surface area contributed by atoms with Gasteiger partial charge in [-0.2, -0.15) is 5.21 Å². The first-order valence-corrected chi connectivity index (χ1v) is 7.17. The van der Waals surface area contributed by atoms with Crippen LogP contribution in [-0.4, -0.2) is 27.2 Å². The van der Waals surface area contributed by atoms with Crippen LogP contribution in [-0.2, 0) is 6.54 Å². The van der Waals surface area contributed by atoms with E-state index in [0.29, 0.717) is 12.4 Å². The molecule has 0 unspecified atom stereocenters. The van der Waals surface area contributed by atoms with Gasteiger partial charge >= 0.3 is 0 Å². The third-order valence-electron chi connectivity index (χ3n) is 3.29. The summed E-state index contributed by atoms with van der Waals surface area (Å²) in [4.78, 5) is 0. The molecule has 0 saturated carbocycles. The summed E-state index contributed by atoms with van der Waals surface area (Å²) in [6.07, 6.45) is 2.19. The monoisotopic (exact) mass is 327 g/mol. The van der Waals surface area contributed by atoms with Crippen molar-refractivity contribution < 1.29 is 0 Å². The van der Waals surface area contributed by atoms with Crippen LogP contribution in [0.25, 0.3) is 5.57 Å². The number of nitrogens with zero attached hydrogens (tertiary/aromatic N) is 3. The van der Waals surface area contributed by atoms with Gasteiger partial charge in [-0.15, -0.1) is 22.6 Å². The van der Waals surface area contributed by atoms with Crippen LogP contribution >= 0.6 is 12.4 Å². The smallest absolute Gasteiger partial charge is 0.188 e. The quantitative estimate of drug-likeness (QED) is 0.683. The third-order valence-corrected chi connectivity index (χ3v) is 3.29. The van der Waals surface area contributed by atoms with E-state index in [1.165, 1.54) is 16.7 Å². The molecule has 0 saturated heterocycles. The highest BCUT2D eigenvalue weighted by atomic mass is 35.5. The Hall–Kier alpha value is -2.50. The van der Waals surface area contributed by atoms with Crippen LogP contribution in [0.5, 0.6) is 0 Å². The molecule has 0 amide bonds. The van der Waals surface area contributed by atoms with Crippen molar-refractivity contribution in [3.8, 4) is 0 Å². The van der Waals surface area contributed by atoms with Crippen LogP contribution in [0.4, 0.5) is 0 Å². The minimum absolute atomic E-state index is 0. The van der Waals surface area contributed by atoms with Gasteiger partial charge in [0, 0.05) is 6.54 Å². The zero-order valence-corrected chi connectivity index (χ0v) is 13.3. The number of benzene rings is 2. The molecular weight excluding hydrogens is 310 g/mol. The highest BCUT2D eigenvalue weighted by Crippen LogP contribution is 2.22. The summed E-state index contributed by atoms with van der Waals surface area (Å²) in [5, 5.41) is 17.1. The fourth-order valence-electron chi connectivity index (χ4n) is 2.25. The lowest BCUT2D eigenvalue weighted by atomic mass is 9.98. The van der Waals surface area contributed by atoms with E-state index in [0.717, 1.165) is 6.54 Å². The molecule has 2 aromatic carbocycles. The van der Waals surface area contributed by atoms with Gasteiger partial charge in [0.05, 0.1) is 6.54 Å². The highest BCUT2D eigenvalue weighted by molar-refractivity contribution is 5.85. The maximum absolute atomic E-state index is 3.92. The molecule has 0 fully saturated rings. The summed E-state index contributed by atoms with van der Waals surface area (Å²) < 4.78 is 0. The maximum Gasteiger partial charge on any atom is 0.188 e. The summed E-state index contributed by atoms with van der Waals surface area (Å²) in [5.41, 5.74) is 3.62. The molecule has 23 heavy (non-hydrogen) atoms. The molecule has 3 aromatic rings. The molecular formula is C17H18ClN5. The summed E-state index contributed by atoms with van der Waals surface area (Å²) in [6, 6.07) is 20.8. The van der Waals surface area contributed by atoms with E-state index in [4.69, 9.17) is 0 Å². The molecule has 0 aliphatic carbocycles. The molecule has 5 nitrogen and oxygen atoms in total. The van der Waals surface area contributed by atoms with Gasteiger partial charge in [0.15, 0.2) is 5.82 Å². The first kappa shape index (κ1) is 16.9. The van der Waals surface area contributed by atoms with Gasteiger partial charge in [-0.3, -0.25) is 0 Å². The SMILES string of the molecule is C(CNCc1nn[nH]n1)=C(c1ccccc1)c1ccccc1.Cl. The van der Waals surface area contributed by atoms with Crippen molar-refractivity contribution in [3.63, 3.8) is 0 Å². The van der Waals surface area contributed by atoms with Crippen LogP contribution in [0.15, 0.2) is 66.7 Å². The Morgan fingerprint density at radius 3 is 2.09 bits per heavy atom. The predicted molar refractivity (Wildman–Crippen MR) is 93.1 cm³/mol. The predicted octanol–water partition coefficient (Wildman–Crippen LogP) is 2.84. The lowest BCUT2D eigenvalue weighted by Crippen LogP contribution is -2.14. The molecule has 1 heterocycles. The van der Waals surface area contributed by atoms with Crippen molar-refractivity contribution in [3.05, 3.63) is 83.7 Å². The topological polar surface area (TPSA) is 66.5 Å². The van der Waals surface area contributed by atoms with Gasteiger partial charge in [0.25, 0.3) is 0 Å². The first-order valence-electron chi connectivity index (χ1n) is 7.17. The molecule has 0 radical (unpaired) electrons. The molecule has 0 aliphatic heterocycles. The number of hydrogen-bond acceptors (Lipinski definition) is 4. The molecule has 6 heteroatoms. The van der Waals surface area contributed by atoms with E-state index in [1.807, 2.05) is 12.1 Å². The number of aromatic amines is 1. The van der Waals surface area contributed by atoms with Gasteiger partial charge in [0.2, 0.25) is 0 Å². The Bertz CT molecular complexity index is 670. The van der Waals surface area contributed by atoms with E-state index in [-0.39, 0.29) is 12.4 Å².